The van der Waals surface area contributed by atoms with Crippen LogP contribution in [0.5, 0.6) is 5.75 Å². The maximum absolute atomic E-state index is 9.38. The van der Waals surface area contributed by atoms with Gasteiger partial charge in [0, 0.05) is 12.1 Å². The van der Waals surface area contributed by atoms with Crippen molar-refractivity contribution in [1.29, 1.82) is 5.26 Å². The lowest BCUT2D eigenvalue weighted by Crippen LogP contribution is -2.50. The van der Waals surface area contributed by atoms with Gasteiger partial charge in [-0.05, 0) is 24.6 Å². The van der Waals surface area contributed by atoms with E-state index in [9.17, 15) is 10.2 Å². The molecule has 0 aliphatic carbocycles. The predicted octanol–water partition coefficient (Wildman–Crippen LogP) is 0.790. The van der Waals surface area contributed by atoms with Crippen LogP contribution < -0.4 is 10.1 Å². The van der Waals surface area contributed by atoms with E-state index in [0.29, 0.717) is 24.3 Å². The Hall–Kier alpha value is -1.61. The highest BCUT2D eigenvalue weighted by atomic mass is 16.5. The minimum atomic E-state index is -0.715. The van der Waals surface area contributed by atoms with E-state index in [0.717, 1.165) is 5.56 Å². The van der Waals surface area contributed by atoms with E-state index in [2.05, 4.69) is 11.4 Å². The van der Waals surface area contributed by atoms with E-state index in [4.69, 9.17) is 10.00 Å². The number of rotatable bonds is 7. The summed E-state index contributed by atoms with van der Waals surface area (Å²) in [5.74, 6) is 0.674. The minimum absolute atomic E-state index is 0.153. The first-order valence-electron chi connectivity index (χ1n) is 6.18. The van der Waals surface area contributed by atoms with Gasteiger partial charge in [-0.1, -0.05) is 6.92 Å². The Morgan fingerprint density at radius 2 is 2.05 bits per heavy atom. The van der Waals surface area contributed by atoms with Crippen molar-refractivity contribution in [3.63, 3.8) is 0 Å². The maximum Gasteiger partial charge on any atom is 0.123 e. The third-order valence-corrected chi connectivity index (χ3v) is 3.35. The molecule has 0 bridgehead atoms. The summed E-state index contributed by atoms with van der Waals surface area (Å²) in [5.41, 5.74) is 0.655. The van der Waals surface area contributed by atoms with Crippen LogP contribution in [0.15, 0.2) is 18.2 Å². The van der Waals surface area contributed by atoms with Gasteiger partial charge in [0.25, 0.3) is 0 Å². The molecule has 0 atom stereocenters. The van der Waals surface area contributed by atoms with E-state index in [1.165, 1.54) is 0 Å². The van der Waals surface area contributed by atoms with E-state index in [1.807, 2.05) is 6.92 Å². The quantitative estimate of drug-likeness (QED) is 0.678. The molecule has 1 rings (SSSR count). The molecule has 1 aromatic rings. The normalized spacial score (nSPS) is 11.1. The van der Waals surface area contributed by atoms with Gasteiger partial charge in [-0.15, -0.1) is 0 Å². The van der Waals surface area contributed by atoms with Crippen molar-refractivity contribution in [3.05, 3.63) is 29.3 Å². The van der Waals surface area contributed by atoms with Gasteiger partial charge in [-0.2, -0.15) is 5.26 Å². The Kier molecular flexibility index (Phi) is 5.77. The van der Waals surface area contributed by atoms with Crippen LogP contribution in [0.25, 0.3) is 0 Å². The molecule has 0 heterocycles. The van der Waals surface area contributed by atoms with Crippen LogP contribution in [-0.4, -0.2) is 36.1 Å². The molecule has 5 heteroatoms. The van der Waals surface area contributed by atoms with Crippen molar-refractivity contribution in [2.45, 2.75) is 25.4 Å². The zero-order chi connectivity index (χ0) is 14.3. The summed E-state index contributed by atoms with van der Waals surface area (Å²) in [6.45, 7) is 2.00. The molecule has 0 unspecified atom stereocenters. The van der Waals surface area contributed by atoms with Gasteiger partial charge in [-0.25, -0.2) is 0 Å². The minimum Gasteiger partial charge on any atom is -0.496 e. The number of aliphatic hydroxyl groups excluding tert-OH is 2. The van der Waals surface area contributed by atoms with Crippen LogP contribution in [0, 0.1) is 11.3 Å². The summed E-state index contributed by atoms with van der Waals surface area (Å²) in [6.07, 6.45) is 0.597. The Bertz CT molecular complexity index is 442. The molecule has 1 aromatic carbocycles. The lowest BCUT2D eigenvalue weighted by Gasteiger charge is -2.30. The lowest BCUT2D eigenvalue weighted by molar-refractivity contribution is 0.0862. The monoisotopic (exact) mass is 264 g/mol. The standard InChI is InChI=1S/C14H20N2O3/c1-3-14(9-17,10-18)16-8-12-6-11(7-15)4-5-13(12)19-2/h4-6,16-18H,3,8-10H2,1-2H3. The van der Waals surface area contributed by atoms with Crippen LogP contribution in [0.2, 0.25) is 0 Å². The highest BCUT2D eigenvalue weighted by Crippen LogP contribution is 2.21. The van der Waals surface area contributed by atoms with Gasteiger partial charge in [0.2, 0.25) is 0 Å². The number of ether oxygens (including phenoxy) is 1. The Morgan fingerprint density at radius 1 is 1.37 bits per heavy atom. The summed E-state index contributed by atoms with van der Waals surface area (Å²) in [6, 6.07) is 7.24. The molecule has 0 amide bonds. The molecule has 0 saturated carbocycles. The van der Waals surface area contributed by atoms with E-state index < -0.39 is 5.54 Å². The van der Waals surface area contributed by atoms with Gasteiger partial charge in [0.1, 0.15) is 5.75 Å². The second-order valence-corrected chi connectivity index (χ2v) is 4.44. The van der Waals surface area contributed by atoms with Crippen molar-refractivity contribution in [1.82, 2.24) is 5.32 Å². The van der Waals surface area contributed by atoms with Gasteiger partial charge in [0.15, 0.2) is 0 Å². The number of methoxy groups -OCH3 is 1. The smallest absolute Gasteiger partial charge is 0.123 e. The molecule has 0 radical (unpaired) electrons. The molecule has 3 N–H and O–H groups in total. The average molecular weight is 264 g/mol. The van der Waals surface area contributed by atoms with Crippen LogP contribution >= 0.6 is 0 Å². The SMILES string of the molecule is CCC(CO)(CO)NCc1cc(C#N)ccc1OC. The summed E-state index contributed by atoms with van der Waals surface area (Å²) in [5, 5.41) is 30.8. The fourth-order valence-corrected chi connectivity index (χ4v) is 1.78. The van der Waals surface area contributed by atoms with Crippen molar-refractivity contribution < 1.29 is 14.9 Å². The third-order valence-electron chi connectivity index (χ3n) is 3.35. The van der Waals surface area contributed by atoms with Gasteiger partial charge < -0.3 is 20.3 Å². The van der Waals surface area contributed by atoms with E-state index in [-0.39, 0.29) is 13.2 Å². The number of nitrogens with zero attached hydrogens (tertiary/aromatic N) is 1. The number of aliphatic hydroxyl groups is 2. The second-order valence-electron chi connectivity index (χ2n) is 4.44. The number of nitrogens with one attached hydrogen (secondary N) is 1. The molecular formula is C14H20N2O3. The fourth-order valence-electron chi connectivity index (χ4n) is 1.78. The van der Waals surface area contributed by atoms with Gasteiger partial charge in [-0.3, -0.25) is 0 Å². The second kappa shape index (κ2) is 7.10. The number of benzene rings is 1. The van der Waals surface area contributed by atoms with Gasteiger partial charge >= 0.3 is 0 Å². The predicted molar refractivity (Wildman–Crippen MR) is 71.7 cm³/mol. The topological polar surface area (TPSA) is 85.5 Å². The van der Waals surface area contributed by atoms with E-state index in [1.54, 1.807) is 25.3 Å². The van der Waals surface area contributed by atoms with E-state index >= 15 is 0 Å². The van der Waals surface area contributed by atoms with Crippen LogP contribution in [0.4, 0.5) is 0 Å². The maximum atomic E-state index is 9.38. The summed E-state index contributed by atoms with van der Waals surface area (Å²) >= 11 is 0. The molecule has 0 spiro atoms. The molecular weight excluding hydrogens is 244 g/mol. The molecule has 104 valence electrons. The molecule has 0 fully saturated rings. The number of nitriles is 1. The lowest BCUT2D eigenvalue weighted by atomic mass is 9.97. The molecule has 0 aromatic heterocycles. The van der Waals surface area contributed by atoms with Crippen LogP contribution in [0.1, 0.15) is 24.5 Å². The van der Waals surface area contributed by atoms with Crippen molar-refractivity contribution >= 4 is 0 Å². The third kappa shape index (κ3) is 3.67. The van der Waals surface area contributed by atoms with Crippen LogP contribution in [-0.2, 0) is 6.54 Å². The Morgan fingerprint density at radius 3 is 2.53 bits per heavy atom. The van der Waals surface area contributed by atoms with Crippen molar-refractivity contribution in [3.8, 4) is 11.8 Å². The summed E-state index contributed by atoms with van der Waals surface area (Å²) in [7, 11) is 1.57. The fraction of sp³-hybridized carbons (Fsp3) is 0.500. The number of hydrogen-bond donors (Lipinski definition) is 3. The first kappa shape index (κ1) is 15.4. The first-order chi connectivity index (χ1) is 9.14. The summed E-state index contributed by atoms with van der Waals surface area (Å²) in [4.78, 5) is 0. The highest BCUT2D eigenvalue weighted by Gasteiger charge is 2.26. The zero-order valence-corrected chi connectivity index (χ0v) is 11.3. The average Bonchev–Trinajstić information content (AvgIpc) is 2.49. The molecule has 5 nitrogen and oxygen atoms in total. The largest absolute Gasteiger partial charge is 0.496 e. The summed E-state index contributed by atoms with van der Waals surface area (Å²) < 4.78 is 5.24. The Labute approximate surface area is 113 Å². The molecule has 0 aliphatic heterocycles. The zero-order valence-electron chi connectivity index (χ0n) is 11.3. The van der Waals surface area contributed by atoms with Crippen molar-refractivity contribution in [2.24, 2.45) is 0 Å². The Balaban J connectivity index is 2.90. The van der Waals surface area contributed by atoms with Crippen molar-refractivity contribution in [2.75, 3.05) is 20.3 Å². The number of hydrogen-bond acceptors (Lipinski definition) is 5. The van der Waals surface area contributed by atoms with Gasteiger partial charge in [0.05, 0.1) is 37.5 Å². The molecule has 0 aliphatic rings. The first-order valence-corrected chi connectivity index (χ1v) is 6.18. The molecule has 19 heavy (non-hydrogen) atoms. The van der Waals surface area contributed by atoms with Crippen LogP contribution in [0.3, 0.4) is 0 Å². The molecule has 0 saturated heterocycles. The highest BCUT2D eigenvalue weighted by molar-refractivity contribution is 5.42.